The predicted octanol–water partition coefficient (Wildman–Crippen LogP) is 5.60. The maximum Gasteiger partial charge on any atom is 0.338 e. The molecule has 0 amide bonds. The fourth-order valence-corrected chi connectivity index (χ4v) is 4.54. The highest BCUT2D eigenvalue weighted by atomic mass is 32.2. The summed E-state index contributed by atoms with van der Waals surface area (Å²) in [6, 6.07) is 5.27. The molecule has 0 saturated heterocycles. The Bertz CT molecular complexity index is 1000. The molecule has 2 heterocycles. The summed E-state index contributed by atoms with van der Waals surface area (Å²) >= 11 is 1.59. The van der Waals surface area contributed by atoms with Crippen LogP contribution in [-0.4, -0.2) is 46.8 Å². The molecule has 1 atom stereocenters. The minimum atomic E-state index is -0.494. The second-order valence-corrected chi connectivity index (χ2v) is 9.18. The van der Waals surface area contributed by atoms with Gasteiger partial charge in [0.05, 0.1) is 25.9 Å². The highest BCUT2D eigenvalue weighted by molar-refractivity contribution is 7.99. The number of allylic oxidation sites excluding steroid dienone is 1. The molecule has 1 aromatic carbocycles. The number of esters is 1. The van der Waals surface area contributed by atoms with Crippen LogP contribution >= 0.6 is 11.8 Å². The molecule has 0 fully saturated rings. The Hall–Kier alpha value is -2.68. The summed E-state index contributed by atoms with van der Waals surface area (Å²) in [6.07, 6.45) is 5.56. The van der Waals surface area contributed by atoms with E-state index in [1.807, 2.05) is 25.1 Å². The summed E-state index contributed by atoms with van der Waals surface area (Å²) in [5.41, 5.74) is 2.05. The Morgan fingerprint density at radius 1 is 1.15 bits per heavy atom. The molecule has 3 rings (SSSR count). The molecule has 9 heteroatoms. The minimum Gasteiger partial charge on any atom is -0.493 e. The van der Waals surface area contributed by atoms with E-state index in [1.54, 1.807) is 30.5 Å². The summed E-state index contributed by atoms with van der Waals surface area (Å²) in [6.45, 7) is 8.90. The molecule has 0 spiro atoms. The Balaban J connectivity index is 1.96. The molecule has 1 N–H and O–H groups in total. The number of hydrogen-bond acceptors (Lipinski definition) is 8. The van der Waals surface area contributed by atoms with Crippen molar-refractivity contribution in [1.29, 1.82) is 0 Å². The number of benzene rings is 1. The minimum absolute atomic E-state index is 0.290. The summed E-state index contributed by atoms with van der Waals surface area (Å²) in [5.74, 6) is 2.45. The van der Waals surface area contributed by atoms with Crippen molar-refractivity contribution < 1.29 is 19.0 Å². The van der Waals surface area contributed by atoms with Gasteiger partial charge in [0, 0.05) is 11.4 Å². The second kappa shape index (κ2) is 12.7. The number of unbranched alkanes of at least 4 members (excludes halogenated alkanes) is 3. The van der Waals surface area contributed by atoms with Gasteiger partial charge in [-0.3, -0.25) is 0 Å². The molecule has 1 aliphatic heterocycles. The average molecular weight is 489 g/mol. The zero-order valence-electron chi connectivity index (χ0n) is 20.8. The largest absolute Gasteiger partial charge is 0.493 e. The first-order valence-corrected chi connectivity index (χ1v) is 13.1. The van der Waals surface area contributed by atoms with Gasteiger partial charge < -0.3 is 19.5 Å². The smallest absolute Gasteiger partial charge is 0.338 e. The van der Waals surface area contributed by atoms with Crippen LogP contribution in [0.3, 0.4) is 0 Å². The van der Waals surface area contributed by atoms with Gasteiger partial charge in [-0.05, 0) is 44.4 Å². The number of nitrogens with one attached hydrogen (secondary N) is 1. The van der Waals surface area contributed by atoms with Gasteiger partial charge in [-0.1, -0.05) is 50.9 Å². The first kappa shape index (κ1) is 25.9. The summed E-state index contributed by atoms with van der Waals surface area (Å²) in [7, 11) is 1.62. The number of carbonyl (C=O) groups is 1. The van der Waals surface area contributed by atoms with Gasteiger partial charge in [0.15, 0.2) is 11.5 Å². The van der Waals surface area contributed by atoms with E-state index >= 15 is 0 Å². The maximum absolute atomic E-state index is 13.0. The molecule has 2 aromatic rings. The van der Waals surface area contributed by atoms with Crippen molar-refractivity contribution in [1.82, 2.24) is 14.8 Å². The molecule has 186 valence electrons. The normalized spacial score (nSPS) is 15.0. The van der Waals surface area contributed by atoms with Crippen molar-refractivity contribution in [3.63, 3.8) is 0 Å². The zero-order valence-corrected chi connectivity index (χ0v) is 21.7. The number of nitrogens with zero attached hydrogens (tertiary/aromatic N) is 3. The van der Waals surface area contributed by atoms with Crippen LogP contribution in [0.2, 0.25) is 0 Å². The average Bonchev–Trinajstić information content (AvgIpc) is 3.24. The van der Waals surface area contributed by atoms with Crippen LogP contribution < -0.4 is 14.8 Å². The van der Waals surface area contributed by atoms with E-state index in [9.17, 15) is 4.79 Å². The summed E-state index contributed by atoms with van der Waals surface area (Å²) < 4.78 is 18.8. The quantitative estimate of drug-likeness (QED) is 0.221. The van der Waals surface area contributed by atoms with Gasteiger partial charge in [-0.15, -0.1) is 5.10 Å². The summed E-state index contributed by atoms with van der Waals surface area (Å²) in [5, 5.41) is 8.62. The first-order chi connectivity index (χ1) is 16.5. The lowest BCUT2D eigenvalue weighted by molar-refractivity contribution is -0.139. The lowest BCUT2D eigenvalue weighted by Crippen LogP contribution is -2.29. The molecule has 0 saturated carbocycles. The van der Waals surface area contributed by atoms with Crippen LogP contribution in [0.4, 0.5) is 5.95 Å². The Morgan fingerprint density at radius 2 is 1.97 bits per heavy atom. The van der Waals surface area contributed by atoms with Gasteiger partial charge in [-0.2, -0.15) is 4.98 Å². The molecule has 1 unspecified atom stereocenters. The number of fused-ring (bicyclic) bond motifs is 1. The second-order valence-electron chi connectivity index (χ2n) is 8.12. The SMILES string of the molecule is CCCCCCOc1ccc(C2C(C(=O)OCC)=C(C)Nc3nc(SCCC)nn32)cc1OC. The topological polar surface area (TPSA) is 87.5 Å². The number of hydrogen-bond donors (Lipinski definition) is 1. The van der Waals surface area contributed by atoms with E-state index in [1.165, 1.54) is 12.8 Å². The van der Waals surface area contributed by atoms with Crippen LogP contribution in [0.15, 0.2) is 34.6 Å². The van der Waals surface area contributed by atoms with E-state index in [2.05, 4.69) is 24.1 Å². The van der Waals surface area contributed by atoms with E-state index in [4.69, 9.17) is 19.3 Å². The number of aromatic nitrogens is 3. The van der Waals surface area contributed by atoms with Crippen molar-refractivity contribution >= 4 is 23.7 Å². The standard InChI is InChI=1S/C25H36N4O4S/c1-6-9-10-11-14-33-19-13-12-18(16-20(19)31-5)22-21(23(30)32-8-3)17(4)26-24-27-25(28-29(22)24)34-15-7-2/h12-13,16,22H,6-11,14-15H2,1-5H3,(H,26,27,28). The first-order valence-electron chi connectivity index (χ1n) is 12.1. The molecule has 0 aliphatic carbocycles. The van der Waals surface area contributed by atoms with Crippen molar-refractivity contribution in [2.45, 2.75) is 71.0 Å². The number of methoxy groups -OCH3 is 1. The number of rotatable bonds is 13. The zero-order chi connectivity index (χ0) is 24.5. The highest BCUT2D eigenvalue weighted by Gasteiger charge is 2.35. The Labute approximate surface area is 206 Å². The van der Waals surface area contributed by atoms with Gasteiger partial charge in [0.1, 0.15) is 6.04 Å². The molecule has 8 nitrogen and oxygen atoms in total. The Morgan fingerprint density at radius 3 is 2.68 bits per heavy atom. The maximum atomic E-state index is 13.0. The van der Waals surface area contributed by atoms with Gasteiger partial charge in [-0.25, -0.2) is 9.48 Å². The summed E-state index contributed by atoms with van der Waals surface area (Å²) in [4.78, 5) is 17.6. The van der Waals surface area contributed by atoms with Crippen LogP contribution in [0, 0.1) is 0 Å². The lowest BCUT2D eigenvalue weighted by Gasteiger charge is -2.28. The van der Waals surface area contributed by atoms with Crippen LogP contribution in [-0.2, 0) is 9.53 Å². The third-order valence-electron chi connectivity index (χ3n) is 5.52. The van der Waals surface area contributed by atoms with Gasteiger partial charge in [0.25, 0.3) is 0 Å². The monoisotopic (exact) mass is 488 g/mol. The molecule has 0 radical (unpaired) electrons. The van der Waals surface area contributed by atoms with E-state index in [0.29, 0.717) is 40.5 Å². The molecular formula is C25H36N4O4S. The number of anilines is 1. The van der Waals surface area contributed by atoms with Crippen molar-refractivity contribution in [2.75, 3.05) is 31.4 Å². The fraction of sp³-hybridized carbons (Fsp3) is 0.560. The molecule has 34 heavy (non-hydrogen) atoms. The van der Waals surface area contributed by atoms with Crippen molar-refractivity contribution in [2.24, 2.45) is 0 Å². The van der Waals surface area contributed by atoms with Crippen molar-refractivity contribution in [3.8, 4) is 11.5 Å². The number of ether oxygens (including phenoxy) is 3. The third kappa shape index (κ3) is 6.05. The highest BCUT2D eigenvalue weighted by Crippen LogP contribution is 2.39. The molecule has 1 aliphatic rings. The van der Waals surface area contributed by atoms with Crippen LogP contribution in [0.25, 0.3) is 0 Å². The van der Waals surface area contributed by atoms with E-state index in [-0.39, 0.29) is 12.6 Å². The van der Waals surface area contributed by atoms with E-state index in [0.717, 1.165) is 30.6 Å². The van der Waals surface area contributed by atoms with Crippen molar-refractivity contribution in [3.05, 3.63) is 35.0 Å². The molecule has 0 bridgehead atoms. The van der Waals surface area contributed by atoms with Crippen LogP contribution in [0.5, 0.6) is 11.5 Å². The third-order valence-corrected chi connectivity index (χ3v) is 6.57. The van der Waals surface area contributed by atoms with Gasteiger partial charge in [0.2, 0.25) is 11.1 Å². The van der Waals surface area contributed by atoms with E-state index < -0.39 is 6.04 Å². The van der Waals surface area contributed by atoms with Gasteiger partial charge >= 0.3 is 5.97 Å². The predicted molar refractivity (Wildman–Crippen MR) is 135 cm³/mol. The fourth-order valence-electron chi connectivity index (χ4n) is 3.85. The number of thioether (sulfide) groups is 1. The number of carbonyl (C=O) groups excluding carboxylic acids is 1. The lowest BCUT2D eigenvalue weighted by atomic mass is 9.95. The molecule has 1 aromatic heterocycles. The van der Waals surface area contributed by atoms with Crippen LogP contribution in [0.1, 0.15) is 71.4 Å². The molecular weight excluding hydrogens is 452 g/mol. The Kier molecular flexibility index (Phi) is 9.68.